The molecule has 1 aromatic rings. The number of thiophene rings is 1. The maximum Gasteiger partial charge on any atom is 0.185 e. The highest BCUT2D eigenvalue weighted by molar-refractivity contribution is 7.86. The van der Waals surface area contributed by atoms with Crippen molar-refractivity contribution in [3.05, 3.63) is 22.4 Å². The summed E-state index contributed by atoms with van der Waals surface area (Å²) < 4.78 is 11.8. The normalized spacial score (nSPS) is 15.2. The van der Waals surface area contributed by atoms with E-state index in [2.05, 4.69) is 0 Å². The Morgan fingerprint density at radius 3 is 2.60 bits per heavy atom. The molecule has 15 heavy (non-hydrogen) atoms. The number of hydrogen-bond acceptors (Lipinski definition) is 3. The zero-order valence-corrected chi connectivity index (χ0v) is 10.9. The topological polar surface area (TPSA) is 34.1 Å². The van der Waals surface area contributed by atoms with Gasteiger partial charge in [-0.05, 0) is 17.4 Å². The number of Topliss-reactive ketones (excluding diaryl/α,β-unsaturated/α-hetero) is 1. The van der Waals surface area contributed by atoms with Crippen LogP contribution in [0.5, 0.6) is 0 Å². The van der Waals surface area contributed by atoms with Gasteiger partial charge in [0.05, 0.1) is 10.6 Å². The van der Waals surface area contributed by atoms with Crippen LogP contribution in [0.25, 0.3) is 0 Å². The van der Waals surface area contributed by atoms with Crippen LogP contribution in [0.1, 0.15) is 30.4 Å². The molecule has 0 saturated carbocycles. The van der Waals surface area contributed by atoms with Crippen molar-refractivity contribution in [2.45, 2.75) is 26.0 Å². The van der Waals surface area contributed by atoms with Gasteiger partial charge in [-0.25, -0.2) is 0 Å². The molecular formula is C11H16O2S2. The summed E-state index contributed by atoms with van der Waals surface area (Å²) in [5.74, 6) is 0.498. The molecular weight excluding hydrogens is 228 g/mol. The van der Waals surface area contributed by atoms with Gasteiger partial charge in [-0.3, -0.25) is 9.00 Å². The van der Waals surface area contributed by atoms with Crippen molar-refractivity contribution < 1.29 is 9.00 Å². The molecule has 0 spiro atoms. The number of carbonyl (C=O) groups is 1. The average Bonchev–Trinajstić information content (AvgIpc) is 2.68. The molecule has 0 aliphatic heterocycles. The molecule has 0 saturated heterocycles. The molecule has 2 nitrogen and oxygen atoms in total. The minimum Gasteiger partial charge on any atom is -0.292 e. The van der Waals surface area contributed by atoms with E-state index in [0.717, 1.165) is 0 Å². The molecule has 2 unspecified atom stereocenters. The molecule has 0 aromatic carbocycles. The van der Waals surface area contributed by atoms with E-state index in [1.165, 1.54) is 11.3 Å². The summed E-state index contributed by atoms with van der Waals surface area (Å²) in [6, 6.07) is 3.62. The van der Waals surface area contributed by atoms with E-state index in [1.54, 1.807) is 6.07 Å². The maximum atomic E-state index is 11.8. The van der Waals surface area contributed by atoms with E-state index in [9.17, 15) is 9.00 Å². The summed E-state index contributed by atoms with van der Waals surface area (Å²) >= 11 is 1.41. The predicted molar refractivity (Wildman–Crippen MR) is 66.0 cm³/mol. The number of rotatable bonds is 5. The minimum atomic E-state index is -1.05. The first-order valence-corrected chi connectivity index (χ1v) is 7.22. The van der Waals surface area contributed by atoms with E-state index < -0.39 is 10.8 Å². The van der Waals surface area contributed by atoms with Gasteiger partial charge in [0.1, 0.15) is 0 Å². The lowest BCUT2D eigenvalue weighted by atomic mass is 10.2. The summed E-state index contributed by atoms with van der Waals surface area (Å²) in [7, 11) is -1.05. The van der Waals surface area contributed by atoms with Crippen LogP contribution in [0, 0.1) is 5.92 Å². The Morgan fingerprint density at radius 1 is 1.47 bits per heavy atom. The molecule has 0 radical (unpaired) electrons. The zero-order valence-electron chi connectivity index (χ0n) is 9.23. The minimum absolute atomic E-state index is 0.00386. The van der Waals surface area contributed by atoms with Gasteiger partial charge in [-0.2, -0.15) is 0 Å². The van der Waals surface area contributed by atoms with Crippen LogP contribution in [0.3, 0.4) is 0 Å². The van der Waals surface area contributed by atoms with E-state index in [-0.39, 0.29) is 16.8 Å². The van der Waals surface area contributed by atoms with E-state index in [0.29, 0.717) is 10.8 Å². The standard InChI is InChI=1S/C11H16O2S2/c1-8(2)9(3)15(13)7-10(12)11-5-4-6-14-11/h4-6,8-9H,7H2,1-3H3. The second-order valence-electron chi connectivity index (χ2n) is 3.87. The Bertz CT molecular complexity index is 341. The quantitative estimate of drug-likeness (QED) is 0.746. The van der Waals surface area contributed by atoms with E-state index in [4.69, 9.17) is 0 Å². The highest BCUT2D eigenvalue weighted by Crippen LogP contribution is 2.13. The lowest BCUT2D eigenvalue weighted by molar-refractivity contribution is 0.102. The van der Waals surface area contributed by atoms with Gasteiger partial charge < -0.3 is 0 Å². The molecule has 84 valence electrons. The van der Waals surface area contributed by atoms with Gasteiger partial charge in [0, 0.05) is 16.0 Å². The molecule has 2 atom stereocenters. The SMILES string of the molecule is CC(C)C(C)S(=O)CC(=O)c1cccs1. The van der Waals surface area contributed by atoms with Crippen molar-refractivity contribution in [1.29, 1.82) is 0 Å². The summed E-state index contributed by atoms with van der Waals surface area (Å²) in [5, 5.41) is 1.94. The van der Waals surface area contributed by atoms with Crippen molar-refractivity contribution in [2.24, 2.45) is 5.92 Å². The van der Waals surface area contributed by atoms with Gasteiger partial charge in [-0.1, -0.05) is 26.8 Å². The molecule has 0 aliphatic rings. The first kappa shape index (κ1) is 12.6. The summed E-state index contributed by atoms with van der Waals surface area (Å²) in [4.78, 5) is 12.4. The number of ketones is 1. The highest BCUT2D eigenvalue weighted by Gasteiger charge is 2.19. The average molecular weight is 244 g/mol. The monoisotopic (exact) mass is 244 g/mol. The Labute approximate surface area is 97.2 Å². The smallest absolute Gasteiger partial charge is 0.185 e. The van der Waals surface area contributed by atoms with Crippen LogP contribution in [-0.4, -0.2) is 21.0 Å². The summed E-state index contributed by atoms with van der Waals surface area (Å²) in [6.07, 6.45) is 0. The molecule has 1 rings (SSSR count). The Kier molecular flexibility index (Phi) is 4.67. The fourth-order valence-electron chi connectivity index (χ4n) is 1.07. The fourth-order valence-corrected chi connectivity index (χ4v) is 3.11. The Balaban J connectivity index is 2.56. The molecule has 0 fully saturated rings. The van der Waals surface area contributed by atoms with Crippen LogP contribution in [-0.2, 0) is 10.8 Å². The van der Waals surface area contributed by atoms with Crippen LogP contribution in [0.2, 0.25) is 0 Å². The summed E-state index contributed by atoms with van der Waals surface area (Å²) in [6.45, 7) is 5.98. The van der Waals surface area contributed by atoms with Gasteiger partial charge >= 0.3 is 0 Å². The molecule has 4 heteroatoms. The van der Waals surface area contributed by atoms with Gasteiger partial charge in [0.2, 0.25) is 0 Å². The maximum absolute atomic E-state index is 11.8. The Hall–Kier alpha value is -0.480. The molecule has 0 amide bonds. The first-order chi connectivity index (χ1) is 7.02. The predicted octanol–water partition coefficient (Wildman–Crippen LogP) is 2.72. The van der Waals surface area contributed by atoms with Crippen LogP contribution in [0.4, 0.5) is 0 Å². The second kappa shape index (κ2) is 5.56. The largest absolute Gasteiger partial charge is 0.292 e. The van der Waals surface area contributed by atoms with Gasteiger partial charge in [-0.15, -0.1) is 11.3 Å². The van der Waals surface area contributed by atoms with Crippen LogP contribution < -0.4 is 0 Å². The third-order valence-electron chi connectivity index (χ3n) is 2.42. The number of hydrogen-bond donors (Lipinski definition) is 0. The van der Waals surface area contributed by atoms with Crippen LogP contribution in [0.15, 0.2) is 17.5 Å². The van der Waals surface area contributed by atoms with Gasteiger partial charge in [0.15, 0.2) is 5.78 Å². The van der Waals surface area contributed by atoms with Crippen molar-refractivity contribution in [2.75, 3.05) is 5.75 Å². The van der Waals surface area contributed by atoms with Gasteiger partial charge in [0.25, 0.3) is 0 Å². The molecule has 1 aromatic heterocycles. The first-order valence-electron chi connectivity index (χ1n) is 4.96. The lowest BCUT2D eigenvalue weighted by Gasteiger charge is -2.13. The molecule has 0 bridgehead atoms. The third-order valence-corrected chi connectivity index (χ3v) is 5.25. The third kappa shape index (κ3) is 3.54. The second-order valence-corrected chi connectivity index (χ2v) is 6.62. The van der Waals surface area contributed by atoms with Crippen molar-refractivity contribution in [3.8, 4) is 0 Å². The van der Waals surface area contributed by atoms with E-state index in [1.807, 2.05) is 32.2 Å². The molecule has 0 aliphatic carbocycles. The summed E-state index contributed by atoms with van der Waals surface area (Å²) in [5.41, 5.74) is 0. The van der Waals surface area contributed by atoms with E-state index >= 15 is 0 Å². The van der Waals surface area contributed by atoms with Crippen molar-refractivity contribution >= 4 is 27.9 Å². The Morgan fingerprint density at radius 2 is 2.13 bits per heavy atom. The van der Waals surface area contributed by atoms with Crippen molar-refractivity contribution in [1.82, 2.24) is 0 Å². The zero-order chi connectivity index (χ0) is 11.4. The molecule has 1 heterocycles. The lowest BCUT2D eigenvalue weighted by Crippen LogP contribution is -2.23. The highest BCUT2D eigenvalue weighted by atomic mass is 32.2. The number of carbonyl (C=O) groups excluding carboxylic acids is 1. The van der Waals surface area contributed by atoms with Crippen LogP contribution >= 0.6 is 11.3 Å². The molecule has 0 N–H and O–H groups in total. The van der Waals surface area contributed by atoms with Crippen molar-refractivity contribution in [3.63, 3.8) is 0 Å². The fraction of sp³-hybridized carbons (Fsp3) is 0.545.